The van der Waals surface area contributed by atoms with Gasteiger partial charge in [-0.2, -0.15) is 4.39 Å². The predicted molar refractivity (Wildman–Crippen MR) is 142 cm³/mol. The van der Waals surface area contributed by atoms with Crippen molar-refractivity contribution in [1.82, 2.24) is 0 Å². The van der Waals surface area contributed by atoms with Gasteiger partial charge in [0.1, 0.15) is 0 Å². The number of halogens is 4. The van der Waals surface area contributed by atoms with Gasteiger partial charge >= 0.3 is 0 Å². The summed E-state index contributed by atoms with van der Waals surface area (Å²) < 4.78 is 63.3. The van der Waals surface area contributed by atoms with E-state index >= 15 is 0 Å². The lowest BCUT2D eigenvalue weighted by molar-refractivity contribution is 0.350. The third kappa shape index (κ3) is 6.26. The molecule has 5 heteroatoms. The lowest BCUT2D eigenvalue weighted by atomic mass is 9.78. The summed E-state index contributed by atoms with van der Waals surface area (Å²) in [6.07, 6.45) is 10.9. The highest BCUT2D eigenvalue weighted by molar-refractivity contribution is 5.67. The number of hydrogen-bond donors (Lipinski definition) is 0. The van der Waals surface area contributed by atoms with Crippen LogP contribution in [-0.2, 0) is 6.42 Å². The minimum absolute atomic E-state index is 0.0726. The third-order valence-electron chi connectivity index (χ3n) is 7.50. The van der Waals surface area contributed by atoms with E-state index in [1.54, 1.807) is 24.3 Å². The van der Waals surface area contributed by atoms with Crippen molar-refractivity contribution in [1.29, 1.82) is 0 Å². The predicted octanol–water partition coefficient (Wildman–Crippen LogP) is 9.64. The first-order valence-electron chi connectivity index (χ1n) is 13.2. The average Bonchev–Trinajstić information content (AvgIpc) is 2.92. The lowest BCUT2D eigenvalue weighted by Gasteiger charge is -2.27. The number of benzene rings is 3. The van der Waals surface area contributed by atoms with E-state index in [-0.39, 0.29) is 28.7 Å². The summed E-state index contributed by atoms with van der Waals surface area (Å²) in [5.74, 6) is -3.50. The molecule has 0 atom stereocenters. The second-order valence-electron chi connectivity index (χ2n) is 9.94. The highest BCUT2D eigenvalue weighted by atomic mass is 19.2. The Morgan fingerprint density at radius 1 is 0.784 bits per heavy atom. The van der Waals surface area contributed by atoms with Gasteiger partial charge in [0.05, 0.1) is 7.11 Å². The number of hydrogen-bond acceptors (Lipinski definition) is 1. The second-order valence-corrected chi connectivity index (χ2v) is 9.94. The van der Waals surface area contributed by atoms with Gasteiger partial charge in [0.15, 0.2) is 23.2 Å². The summed E-state index contributed by atoms with van der Waals surface area (Å²) in [6, 6.07) is 14.0. The van der Waals surface area contributed by atoms with Gasteiger partial charge in [-0.3, -0.25) is 0 Å². The monoisotopic (exact) mass is 510 g/mol. The smallest absolute Gasteiger partial charge is 0.200 e. The van der Waals surface area contributed by atoms with Gasteiger partial charge < -0.3 is 4.74 Å². The van der Waals surface area contributed by atoms with Crippen LogP contribution in [0.4, 0.5) is 17.6 Å². The van der Waals surface area contributed by atoms with Crippen LogP contribution in [-0.4, -0.2) is 7.11 Å². The Balaban J connectivity index is 1.39. The van der Waals surface area contributed by atoms with Crippen molar-refractivity contribution < 1.29 is 22.3 Å². The van der Waals surface area contributed by atoms with Crippen molar-refractivity contribution in [2.45, 2.75) is 64.2 Å². The molecule has 1 nitrogen and oxygen atoms in total. The van der Waals surface area contributed by atoms with Gasteiger partial charge in [0.25, 0.3) is 0 Å². The molecule has 0 saturated heterocycles. The van der Waals surface area contributed by atoms with Crippen LogP contribution in [0.25, 0.3) is 17.2 Å². The fourth-order valence-electron chi connectivity index (χ4n) is 5.23. The normalized spacial score (nSPS) is 17.9. The van der Waals surface area contributed by atoms with Crippen LogP contribution in [0.3, 0.4) is 0 Å². The maximum absolute atomic E-state index is 14.9. The highest BCUT2D eigenvalue weighted by Gasteiger charge is 2.26. The van der Waals surface area contributed by atoms with Gasteiger partial charge in [0, 0.05) is 11.1 Å². The van der Waals surface area contributed by atoms with Gasteiger partial charge in [-0.25, -0.2) is 13.2 Å². The van der Waals surface area contributed by atoms with Crippen molar-refractivity contribution in [3.63, 3.8) is 0 Å². The number of ether oxygens (including phenoxy) is 1. The van der Waals surface area contributed by atoms with E-state index in [1.807, 2.05) is 30.3 Å². The molecule has 196 valence electrons. The molecule has 0 radical (unpaired) electrons. The molecule has 3 aromatic carbocycles. The van der Waals surface area contributed by atoms with Crippen molar-refractivity contribution >= 4 is 6.08 Å². The van der Waals surface area contributed by atoms with Crippen molar-refractivity contribution in [2.75, 3.05) is 7.11 Å². The van der Waals surface area contributed by atoms with Crippen LogP contribution in [0.5, 0.6) is 5.75 Å². The summed E-state index contributed by atoms with van der Waals surface area (Å²) in [6.45, 7) is 2.17. The molecular weight excluding hydrogens is 476 g/mol. The second kappa shape index (κ2) is 12.4. The standard InChI is InChI=1S/C32H34F4O/c1-3-4-5-6-21-7-12-23(13-8-21)26-18-17-25(29(33)30(26)34)16-11-22-9-14-24(15-10-22)27-19-20-28(37-2)32(36)31(27)35/h7-8,11-13,16-20,22,24H,3-6,9-10,14-15H2,1-2H3. The zero-order valence-electron chi connectivity index (χ0n) is 21.5. The first-order valence-corrected chi connectivity index (χ1v) is 13.2. The maximum atomic E-state index is 14.9. The Morgan fingerprint density at radius 3 is 2.19 bits per heavy atom. The fraction of sp³-hybridized carbons (Fsp3) is 0.375. The molecule has 0 bridgehead atoms. The average molecular weight is 511 g/mol. The van der Waals surface area contributed by atoms with Gasteiger partial charge in [-0.05, 0) is 73.1 Å². The molecule has 1 saturated carbocycles. The van der Waals surface area contributed by atoms with Gasteiger partial charge in [0.2, 0.25) is 5.82 Å². The molecule has 4 rings (SSSR count). The van der Waals surface area contributed by atoms with E-state index in [2.05, 4.69) is 6.92 Å². The number of rotatable bonds is 9. The van der Waals surface area contributed by atoms with E-state index in [1.165, 1.54) is 25.2 Å². The molecule has 1 aliphatic carbocycles. The van der Waals surface area contributed by atoms with Crippen LogP contribution in [0, 0.1) is 29.2 Å². The fourth-order valence-corrected chi connectivity index (χ4v) is 5.23. The molecule has 0 aromatic heterocycles. The number of methoxy groups -OCH3 is 1. The zero-order valence-corrected chi connectivity index (χ0v) is 21.5. The lowest BCUT2D eigenvalue weighted by Crippen LogP contribution is -2.13. The number of aryl methyl sites for hydroxylation is 1. The van der Waals surface area contributed by atoms with E-state index < -0.39 is 23.3 Å². The minimum atomic E-state index is -0.953. The van der Waals surface area contributed by atoms with E-state index in [4.69, 9.17) is 4.74 Å². The first kappa shape index (κ1) is 27.0. The Bertz CT molecular complexity index is 1220. The Hall–Kier alpha value is -3.08. The molecule has 0 spiro atoms. The van der Waals surface area contributed by atoms with Crippen molar-refractivity contribution in [2.24, 2.45) is 5.92 Å². The van der Waals surface area contributed by atoms with Crippen LogP contribution in [0.1, 0.15) is 74.5 Å². The molecule has 0 heterocycles. The van der Waals surface area contributed by atoms with Crippen LogP contribution >= 0.6 is 0 Å². The molecule has 1 fully saturated rings. The number of allylic oxidation sites excluding steroid dienone is 1. The maximum Gasteiger partial charge on any atom is 0.200 e. The SMILES string of the molecule is CCCCCc1ccc(-c2ccc(C=CC3CCC(c4ccc(OC)c(F)c4F)CC3)c(F)c2F)cc1. The summed E-state index contributed by atoms with van der Waals surface area (Å²) in [5, 5.41) is 0. The summed E-state index contributed by atoms with van der Waals surface area (Å²) in [5.41, 5.74) is 2.70. The molecule has 0 N–H and O–H groups in total. The van der Waals surface area contributed by atoms with E-state index in [0.717, 1.165) is 32.1 Å². The van der Waals surface area contributed by atoms with Crippen LogP contribution < -0.4 is 4.74 Å². The molecular formula is C32H34F4O. The zero-order chi connectivity index (χ0) is 26.4. The quantitative estimate of drug-likeness (QED) is 0.206. The largest absolute Gasteiger partial charge is 0.494 e. The minimum Gasteiger partial charge on any atom is -0.494 e. The summed E-state index contributed by atoms with van der Waals surface area (Å²) >= 11 is 0. The van der Waals surface area contributed by atoms with Crippen LogP contribution in [0.2, 0.25) is 0 Å². The Labute approximate surface area is 217 Å². The summed E-state index contributed by atoms with van der Waals surface area (Å²) in [7, 11) is 1.31. The third-order valence-corrected chi connectivity index (χ3v) is 7.50. The molecule has 0 unspecified atom stereocenters. The molecule has 0 aliphatic heterocycles. The van der Waals surface area contributed by atoms with Gasteiger partial charge in [-0.15, -0.1) is 0 Å². The van der Waals surface area contributed by atoms with E-state index in [9.17, 15) is 17.6 Å². The van der Waals surface area contributed by atoms with Crippen molar-refractivity contribution in [3.8, 4) is 16.9 Å². The Kier molecular flexibility index (Phi) is 9.07. The molecule has 1 aliphatic rings. The molecule has 37 heavy (non-hydrogen) atoms. The van der Waals surface area contributed by atoms with Crippen LogP contribution in [0.15, 0.2) is 54.6 Å². The molecule has 3 aromatic rings. The summed E-state index contributed by atoms with van der Waals surface area (Å²) in [4.78, 5) is 0. The van der Waals surface area contributed by atoms with Gasteiger partial charge in [-0.1, -0.05) is 74.4 Å². The molecule has 0 amide bonds. The Morgan fingerprint density at radius 2 is 1.51 bits per heavy atom. The van der Waals surface area contributed by atoms with Crippen molar-refractivity contribution in [3.05, 3.63) is 94.6 Å². The number of unbranched alkanes of at least 4 members (excludes halogenated alkanes) is 2. The van der Waals surface area contributed by atoms with E-state index in [0.29, 0.717) is 24.0 Å². The highest BCUT2D eigenvalue weighted by Crippen LogP contribution is 2.39. The topological polar surface area (TPSA) is 9.23 Å². The first-order chi connectivity index (χ1) is 17.9.